The van der Waals surface area contributed by atoms with Gasteiger partial charge in [-0.2, -0.15) is 11.3 Å². The summed E-state index contributed by atoms with van der Waals surface area (Å²) in [4.78, 5) is 14.3. The predicted molar refractivity (Wildman–Crippen MR) is 99.7 cm³/mol. The summed E-state index contributed by atoms with van der Waals surface area (Å²) in [5, 5.41) is 11.8. The van der Waals surface area contributed by atoms with Crippen LogP contribution in [0.3, 0.4) is 0 Å². The average molecular weight is 423 g/mol. The molecule has 0 bridgehead atoms. The molecule has 3 heterocycles. The zero-order valence-corrected chi connectivity index (χ0v) is 15.9. The second-order valence-corrected chi connectivity index (χ2v) is 7.28. The molecular weight excluding hydrogens is 407 g/mol. The van der Waals surface area contributed by atoms with Crippen molar-refractivity contribution in [2.24, 2.45) is 0 Å². The monoisotopic (exact) mass is 423 g/mol. The number of alkyl halides is 3. The van der Waals surface area contributed by atoms with Crippen LogP contribution >= 0.6 is 11.3 Å². The molecule has 0 atom stereocenters. The van der Waals surface area contributed by atoms with Crippen LogP contribution in [0.25, 0.3) is 11.5 Å². The third-order valence-corrected chi connectivity index (χ3v) is 5.18. The van der Waals surface area contributed by atoms with E-state index in [1.54, 1.807) is 4.90 Å². The molecule has 0 radical (unpaired) electrons. The van der Waals surface area contributed by atoms with Crippen molar-refractivity contribution in [3.63, 3.8) is 0 Å². The quantitative estimate of drug-likeness (QED) is 0.600. The fourth-order valence-corrected chi connectivity index (χ4v) is 3.87. The first-order valence-electron chi connectivity index (χ1n) is 8.93. The molecule has 3 aromatic rings. The first-order chi connectivity index (χ1) is 13.9. The number of benzene rings is 1. The van der Waals surface area contributed by atoms with Crippen LogP contribution in [-0.4, -0.2) is 29.0 Å². The van der Waals surface area contributed by atoms with E-state index in [1.165, 1.54) is 29.5 Å². The van der Waals surface area contributed by atoms with Crippen molar-refractivity contribution < 1.29 is 27.1 Å². The Morgan fingerprint density at radius 2 is 2.14 bits per heavy atom. The summed E-state index contributed by atoms with van der Waals surface area (Å²) in [5.41, 5.74) is 2.10. The number of aryl methyl sites for hydroxylation is 2. The summed E-state index contributed by atoms with van der Waals surface area (Å²) >= 11 is 1.52. The molecule has 1 aromatic carbocycles. The summed E-state index contributed by atoms with van der Waals surface area (Å²) < 4.78 is 46.8. The SMILES string of the molecule is O=C(CCc1nnc(-c2ccsc2)o1)N1CCCc2cc(OC(F)(F)F)ccc21. The predicted octanol–water partition coefficient (Wildman–Crippen LogP) is 4.61. The molecule has 1 amide bonds. The number of hydrogen-bond acceptors (Lipinski definition) is 6. The van der Waals surface area contributed by atoms with Crippen LogP contribution in [-0.2, 0) is 17.6 Å². The van der Waals surface area contributed by atoms with Crippen LogP contribution in [0.1, 0.15) is 24.3 Å². The lowest BCUT2D eigenvalue weighted by molar-refractivity contribution is -0.274. The van der Waals surface area contributed by atoms with Gasteiger partial charge in [-0.1, -0.05) is 0 Å². The summed E-state index contributed by atoms with van der Waals surface area (Å²) in [6.45, 7) is 0.509. The molecule has 4 rings (SSSR count). The zero-order valence-electron chi connectivity index (χ0n) is 15.1. The smallest absolute Gasteiger partial charge is 0.421 e. The Morgan fingerprint density at radius 1 is 1.28 bits per heavy atom. The molecule has 0 unspecified atom stereocenters. The minimum absolute atomic E-state index is 0.147. The van der Waals surface area contributed by atoms with Crippen LogP contribution in [0.5, 0.6) is 5.75 Å². The number of rotatable bonds is 5. The van der Waals surface area contributed by atoms with Gasteiger partial charge in [-0.15, -0.1) is 23.4 Å². The molecule has 1 aliphatic heterocycles. The second-order valence-electron chi connectivity index (χ2n) is 6.50. The number of aromatic nitrogens is 2. The maximum absolute atomic E-state index is 12.7. The van der Waals surface area contributed by atoms with Gasteiger partial charge in [0.05, 0.1) is 0 Å². The van der Waals surface area contributed by atoms with Gasteiger partial charge in [-0.3, -0.25) is 4.79 Å². The molecule has 0 fully saturated rings. The maximum Gasteiger partial charge on any atom is 0.573 e. The van der Waals surface area contributed by atoms with Crippen molar-refractivity contribution in [2.75, 3.05) is 11.4 Å². The van der Waals surface area contributed by atoms with Crippen LogP contribution < -0.4 is 9.64 Å². The van der Waals surface area contributed by atoms with E-state index in [9.17, 15) is 18.0 Å². The molecule has 2 aromatic heterocycles. The van der Waals surface area contributed by atoms with Gasteiger partial charge in [0.1, 0.15) is 5.75 Å². The van der Waals surface area contributed by atoms with Gasteiger partial charge in [0, 0.05) is 36.0 Å². The topological polar surface area (TPSA) is 68.5 Å². The van der Waals surface area contributed by atoms with E-state index in [1.807, 2.05) is 16.8 Å². The molecule has 0 aliphatic carbocycles. The lowest BCUT2D eigenvalue weighted by Gasteiger charge is -2.30. The van der Waals surface area contributed by atoms with Crippen LogP contribution in [0.4, 0.5) is 18.9 Å². The van der Waals surface area contributed by atoms with E-state index in [4.69, 9.17) is 4.42 Å². The van der Waals surface area contributed by atoms with Crippen LogP contribution in [0.2, 0.25) is 0 Å². The molecule has 152 valence electrons. The van der Waals surface area contributed by atoms with Crippen LogP contribution in [0, 0.1) is 0 Å². The summed E-state index contributed by atoms with van der Waals surface area (Å²) in [5.74, 6) is 0.350. The number of amides is 1. The van der Waals surface area contributed by atoms with E-state index < -0.39 is 6.36 Å². The molecular formula is C19H16F3N3O3S. The summed E-state index contributed by atoms with van der Waals surface area (Å²) in [7, 11) is 0. The van der Waals surface area contributed by atoms with Gasteiger partial charge < -0.3 is 14.1 Å². The van der Waals surface area contributed by atoms with Gasteiger partial charge in [0.2, 0.25) is 17.7 Å². The zero-order chi connectivity index (χ0) is 20.4. The van der Waals surface area contributed by atoms with E-state index in [2.05, 4.69) is 14.9 Å². The molecule has 10 heteroatoms. The van der Waals surface area contributed by atoms with Crippen molar-refractivity contribution in [3.05, 3.63) is 46.5 Å². The number of nitrogens with zero attached hydrogens (tertiary/aromatic N) is 3. The number of thiophene rings is 1. The molecule has 6 nitrogen and oxygen atoms in total. The Kier molecular flexibility index (Phi) is 5.27. The fourth-order valence-electron chi connectivity index (χ4n) is 3.24. The third kappa shape index (κ3) is 4.58. The third-order valence-electron chi connectivity index (χ3n) is 4.49. The average Bonchev–Trinajstić information content (AvgIpc) is 3.35. The number of ether oxygens (including phenoxy) is 1. The highest BCUT2D eigenvalue weighted by Gasteiger charge is 2.32. The highest BCUT2D eigenvalue weighted by molar-refractivity contribution is 7.08. The van der Waals surface area contributed by atoms with E-state index in [-0.39, 0.29) is 24.5 Å². The van der Waals surface area contributed by atoms with Crippen molar-refractivity contribution in [3.8, 4) is 17.2 Å². The number of halogens is 3. The molecule has 0 saturated heterocycles. The number of anilines is 1. The molecule has 0 saturated carbocycles. The van der Waals surface area contributed by atoms with E-state index >= 15 is 0 Å². The van der Waals surface area contributed by atoms with E-state index in [0.29, 0.717) is 42.4 Å². The first kappa shape index (κ1) is 19.4. The Bertz CT molecular complexity index is 1000. The van der Waals surface area contributed by atoms with Gasteiger partial charge in [0.25, 0.3) is 0 Å². The number of carbonyl (C=O) groups is 1. The maximum atomic E-state index is 12.7. The normalized spacial score (nSPS) is 14.0. The molecule has 0 N–H and O–H groups in total. The highest BCUT2D eigenvalue weighted by atomic mass is 32.1. The number of fused-ring (bicyclic) bond motifs is 1. The Hall–Kier alpha value is -2.88. The van der Waals surface area contributed by atoms with Gasteiger partial charge in [-0.05, 0) is 48.1 Å². The summed E-state index contributed by atoms with van der Waals surface area (Å²) in [6, 6.07) is 5.93. The fraction of sp³-hybridized carbons (Fsp3) is 0.316. The Balaban J connectivity index is 1.42. The lowest BCUT2D eigenvalue weighted by atomic mass is 10.0. The van der Waals surface area contributed by atoms with Gasteiger partial charge in [0.15, 0.2) is 0 Å². The second kappa shape index (κ2) is 7.86. The minimum atomic E-state index is -4.75. The highest BCUT2D eigenvalue weighted by Crippen LogP contribution is 2.33. The van der Waals surface area contributed by atoms with Crippen molar-refractivity contribution >= 4 is 22.9 Å². The molecule has 1 aliphatic rings. The first-order valence-corrected chi connectivity index (χ1v) is 9.87. The largest absolute Gasteiger partial charge is 0.573 e. The lowest BCUT2D eigenvalue weighted by Crippen LogP contribution is -2.35. The molecule has 29 heavy (non-hydrogen) atoms. The van der Waals surface area contributed by atoms with E-state index in [0.717, 1.165) is 5.56 Å². The van der Waals surface area contributed by atoms with Crippen LogP contribution in [0.15, 0.2) is 39.4 Å². The molecule has 0 spiro atoms. The Morgan fingerprint density at radius 3 is 2.90 bits per heavy atom. The van der Waals surface area contributed by atoms with Crippen molar-refractivity contribution in [2.45, 2.75) is 32.0 Å². The van der Waals surface area contributed by atoms with Crippen molar-refractivity contribution in [1.29, 1.82) is 0 Å². The summed E-state index contributed by atoms with van der Waals surface area (Å²) in [6.07, 6.45) is -3.05. The minimum Gasteiger partial charge on any atom is -0.421 e. The van der Waals surface area contributed by atoms with Crippen molar-refractivity contribution in [1.82, 2.24) is 10.2 Å². The van der Waals surface area contributed by atoms with Gasteiger partial charge in [-0.25, -0.2) is 0 Å². The number of carbonyl (C=O) groups excluding carboxylic acids is 1. The Labute approximate surface area is 167 Å². The van der Waals surface area contributed by atoms with Gasteiger partial charge >= 0.3 is 6.36 Å². The standard InChI is InChI=1S/C19H16F3N3O3S/c20-19(21,22)28-14-3-4-15-12(10-14)2-1-8-25(15)17(26)6-5-16-23-24-18(27-16)13-7-9-29-11-13/h3-4,7,9-11H,1-2,5-6,8H2. The number of hydrogen-bond donors (Lipinski definition) is 0.